The lowest BCUT2D eigenvalue weighted by molar-refractivity contribution is 0.00578. The van der Waals surface area contributed by atoms with Gasteiger partial charge in [-0.2, -0.15) is 0 Å². The Morgan fingerprint density at radius 1 is 0.643 bits per heavy atom. The molecule has 0 amide bonds. The summed E-state index contributed by atoms with van der Waals surface area (Å²) in [5, 5.41) is 0. The molecule has 2 aliphatic heterocycles. The molecule has 0 unspecified atom stereocenters. The fraction of sp³-hybridized carbons (Fsp3) is 0.905. The topological polar surface area (TPSA) is 36.9 Å². The SMILES string of the molecule is CCCC/C(B1OC(C)(C)C(C)(C)O1)=C(/CCCCl)B1OC(C)(C)C(C)(C)O1. The molecule has 0 saturated carbocycles. The van der Waals surface area contributed by atoms with Crippen molar-refractivity contribution in [1.29, 1.82) is 0 Å². The number of hydrogen-bond acceptors (Lipinski definition) is 4. The van der Waals surface area contributed by atoms with Gasteiger partial charge in [-0.15, -0.1) is 11.6 Å². The zero-order chi connectivity index (χ0) is 21.4. The van der Waals surface area contributed by atoms with Gasteiger partial charge in [0.15, 0.2) is 0 Å². The predicted molar refractivity (Wildman–Crippen MR) is 119 cm³/mol. The van der Waals surface area contributed by atoms with Crippen LogP contribution in [0, 0.1) is 0 Å². The van der Waals surface area contributed by atoms with E-state index in [9.17, 15) is 0 Å². The minimum Gasteiger partial charge on any atom is -0.400 e. The lowest BCUT2D eigenvalue weighted by Crippen LogP contribution is -2.41. The third-order valence-electron chi connectivity index (χ3n) is 6.87. The highest BCUT2D eigenvalue weighted by Gasteiger charge is 2.56. The number of hydrogen-bond donors (Lipinski definition) is 0. The summed E-state index contributed by atoms with van der Waals surface area (Å²) in [7, 11) is -0.764. The average molecular weight is 413 g/mol. The maximum Gasteiger partial charge on any atom is 0.489 e. The van der Waals surface area contributed by atoms with Crippen molar-refractivity contribution in [2.75, 3.05) is 5.88 Å². The number of alkyl halides is 1. The van der Waals surface area contributed by atoms with Crippen LogP contribution in [0.25, 0.3) is 0 Å². The van der Waals surface area contributed by atoms with E-state index < -0.39 is 0 Å². The van der Waals surface area contributed by atoms with Crippen molar-refractivity contribution in [2.24, 2.45) is 0 Å². The van der Waals surface area contributed by atoms with Crippen LogP contribution in [-0.2, 0) is 18.6 Å². The van der Waals surface area contributed by atoms with Crippen molar-refractivity contribution >= 4 is 25.8 Å². The molecule has 2 aliphatic rings. The second-order valence-corrected chi connectivity index (χ2v) is 10.5. The van der Waals surface area contributed by atoms with E-state index in [-0.39, 0.29) is 36.6 Å². The lowest BCUT2D eigenvalue weighted by atomic mass is 9.62. The van der Waals surface area contributed by atoms with Crippen molar-refractivity contribution in [3.63, 3.8) is 0 Å². The van der Waals surface area contributed by atoms with Gasteiger partial charge in [-0.25, -0.2) is 0 Å². The Morgan fingerprint density at radius 2 is 0.964 bits per heavy atom. The van der Waals surface area contributed by atoms with E-state index in [0.717, 1.165) is 37.6 Å². The van der Waals surface area contributed by atoms with Crippen LogP contribution < -0.4 is 0 Å². The molecule has 2 fully saturated rings. The molecule has 0 aromatic rings. The van der Waals surface area contributed by atoms with Crippen LogP contribution in [0.3, 0.4) is 0 Å². The number of rotatable bonds is 8. The molecule has 7 heteroatoms. The van der Waals surface area contributed by atoms with Crippen LogP contribution in [0.4, 0.5) is 0 Å². The first-order chi connectivity index (χ1) is 12.8. The highest BCUT2D eigenvalue weighted by atomic mass is 35.5. The van der Waals surface area contributed by atoms with Crippen molar-refractivity contribution in [1.82, 2.24) is 0 Å². The Labute approximate surface area is 178 Å². The lowest BCUT2D eigenvalue weighted by Gasteiger charge is -2.32. The van der Waals surface area contributed by atoms with Crippen LogP contribution in [0.2, 0.25) is 0 Å². The normalized spacial score (nSPS) is 25.9. The predicted octanol–water partition coefficient (Wildman–Crippen LogP) is 5.76. The van der Waals surface area contributed by atoms with Gasteiger partial charge in [0, 0.05) is 5.88 Å². The van der Waals surface area contributed by atoms with Gasteiger partial charge in [-0.05, 0) is 85.6 Å². The first-order valence-corrected chi connectivity index (χ1v) is 11.3. The zero-order valence-electron chi connectivity index (χ0n) is 19.4. The maximum absolute atomic E-state index is 6.42. The van der Waals surface area contributed by atoms with Crippen molar-refractivity contribution < 1.29 is 18.6 Å². The second kappa shape index (κ2) is 8.63. The van der Waals surface area contributed by atoms with E-state index in [1.807, 2.05) is 0 Å². The minimum absolute atomic E-state index is 0.372. The Bertz CT molecular complexity index is 505. The molecule has 0 atom stereocenters. The Morgan fingerprint density at radius 3 is 1.25 bits per heavy atom. The van der Waals surface area contributed by atoms with Crippen LogP contribution in [0.5, 0.6) is 0 Å². The first kappa shape index (κ1) is 24.3. The monoisotopic (exact) mass is 412 g/mol. The van der Waals surface area contributed by atoms with Crippen molar-refractivity contribution in [2.45, 2.75) is 117 Å². The van der Waals surface area contributed by atoms with Gasteiger partial charge in [0.1, 0.15) is 0 Å². The fourth-order valence-corrected chi connectivity index (χ4v) is 3.59. The van der Waals surface area contributed by atoms with Crippen LogP contribution in [-0.4, -0.2) is 42.5 Å². The van der Waals surface area contributed by atoms with E-state index in [1.165, 1.54) is 5.47 Å². The smallest absolute Gasteiger partial charge is 0.400 e. The molecule has 0 spiro atoms. The van der Waals surface area contributed by atoms with Crippen molar-refractivity contribution in [3.8, 4) is 0 Å². The molecule has 4 nitrogen and oxygen atoms in total. The van der Waals surface area contributed by atoms with E-state index in [1.54, 1.807) is 0 Å². The number of halogens is 1. The molecule has 0 aromatic heterocycles. The molecule has 28 heavy (non-hydrogen) atoms. The van der Waals surface area contributed by atoms with Crippen LogP contribution in [0.1, 0.15) is 94.4 Å². The van der Waals surface area contributed by atoms with Gasteiger partial charge in [0.25, 0.3) is 0 Å². The van der Waals surface area contributed by atoms with Crippen LogP contribution in [0.15, 0.2) is 10.9 Å². The quantitative estimate of drug-likeness (QED) is 0.375. The molecule has 2 saturated heterocycles. The Hall–Kier alpha value is -0.000130. The molecule has 2 rings (SSSR count). The summed E-state index contributed by atoms with van der Waals surface area (Å²) >= 11 is 6.06. The first-order valence-electron chi connectivity index (χ1n) is 10.8. The third-order valence-corrected chi connectivity index (χ3v) is 7.13. The van der Waals surface area contributed by atoms with Gasteiger partial charge in [-0.3, -0.25) is 0 Å². The largest absolute Gasteiger partial charge is 0.489 e. The molecule has 0 aromatic carbocycles. The summed E-state index contributed by atoms with van der Waals surface area (Å²) in [6.45, 7) is 18.9. The number of unbranched alkanes of at least 4 members (excludes halogenated alkanes) is 1. The van der Waals surface area contributed by atoms with Crippen LogP contribution >= 0.6 is 11.6 Å². The molecule has 0 radical (unpaired) electrons. The molecule has 0 aliphatic carbocycles. The van der Waals surface area contributed by atoms with E-state index in [0.29, 0.717) is 5.88 Å². The van der Waals surface area contributed by atoms with Gasteiger partial charge >= 0.3 is 14.2 Å². The molecule has 0 bridgehead atoms. The van der Waals surface area contributed by atoms with E-state index in [2.05, 4.69) is 62.3 Å². The zero-order valence-corrected chi connectivity index (χ0v) is 20.2. The highest BCUT2D eigenvalue weighted by Crippen LogP contribution is 2.44. The minimum atomic E-state index is -0.390. The summed E-state index contributed by atoms with van der Waals surface area (Å²) in [6, 6.07) is 0. The fourth-order valence-electron chi connectivity index (χ4n) is 3.45. The third kappa shape index (κ3) is 4.83. The average Bonchev–Trinajstić information content (AvgIpc) is 2.89. The highest BCUT2D eigenvalue weighted by molar-refractivity contribution is 6.62. The molecule has 0 N–H and O–H groups in total. The maximum atomic E-state index is 6.42. The van der Waals surface area contributed by atoms with Gasteiger partial charge < -0.3 is 18.6 Å². The van der Waals surface area contributed by atoms with E-state index >= 15 is 0 Å². The van der Waals surface area contributed by atoms with Gasteiger partial charge in [-0.1, -0.05) is 19.8 Å². The molecule has 160 valence electrons. The summed E-state index contributed by atoms with van der Waals surface area (Å²) in [5.74, 6) is 0.605. The van der Waals surface area contributed by atoms with Gasteiger partial charge in [0.2, 0.25) is 0 Å². The molecule has 2 heterocycles. The van der Waals surface area contributed by atoms with E-state index in [4.69, 9.17) is 30.2 Å². The summed E-state index contributed by atoms with van der Waals surface area (Å²) < 4.78 is 25.7. The summed E-state index contributed by atoms with van der Waals surface area (Å²) in [6.07, 6.45) is 4.78. The Kier molecular flexibility index (Phi) is 7.48. The van der Waals surface area contributed by atoms with Gasteiger partial charge in [0.05, 0.1) is 22.4 Å². The molecular weight excluding hydrogens is 373 g/mol. The molecular formula is C21H39B2ClO4. The standard InChI is InChI=1S/C21H39B2ClO4/c1-10-11-13-16(22-25-18(2,3)19(4,5)26-22)17(14-12-15-24)23-27-20(6,7)21(8,9)28-23/h10-15H2,1-9H3/b17-16+. The van der Waals surface area contributed by atoms with Crippen molar-refractivity contribution in [3.05, 3.63) is 10.9 Å². The Balaban J connectivity index is 2.45. The summed E-state index contributed by atoms with van der Waals surface area (Å²) in [5.41, 5.74) is 0.812. The second-order valence-electron chi connectivity index (χ2n) is 10.1. The number of allylic oxidation sites excluding steroid dienone is 2. The summed E-state index contributed by atoms with van der Waals surface area (Å²) in [4.78, 5) is 0.